The van der Waals surface area contributed by atoms with Crippen molar-refractivity contribution in [2.75, 3.05) is 6.54 Å². The highest BCUT2D eigenvalue weighted by Crippen LogP contribution is 2.18. The first-order valence-corrected chi connectivity index (χ1v) is 4.62. The number of nitrogens with zero attached hydrogens (tertiary/aromatic N) is 2. The van der Waals surface area contributed by atoms with Gasteiger partial charge in [0, 0.05) is 11.9 Å². The monoisotopic (exact) mass is 205 g/mol. The number of carboxylic acids is 1. The minimum atomic E-state index is -0.937. The normalized spacial score (nSPS) is 10.7. The van der Waals surface area contributed by atoms with Crippen LogP contribution < -0.4 is 5.73 Å². The Bertz CT molecular complexity index is 504. The fourth-order valence-corrected chi connectivity index (χ4v) is 1.59. The quantitative estimate of drug-likeness (QED) is 0.772. The molecule has 0 aliphatic heterocycles. The third-order valence-corrected chi connectivity index (χ3v) is 2.26. The molecule has 0 aliphatic rings. The van der Waals surface area contributed by atoms with Crippen molar-refractivity contribution in [1.29, 1.82) is 0 Å². The first-order chi connectivity index (χ1) is 7.24. The zero-order chi connectivity index (χ0) is 10.8. The minimum absolute atomic E-state index is 0.274. The lowest BCUT2D eigenvalue weighted by Crippen LogP contribution is -2.10. The Kier molecular flexibility index (Phi) is 2.39. The van der Waals surface area contributed by atoms with E-state index in [0.29, 0.717) is 18.5 Å². The van der Waals surface area contributed by atoms with Gasteiger partial charge in [-0.05, 0) is 12.1 Å². The van der Waals surface area contributed by atoms with Gasteiger partial charge in [-0.1, -0.05) is 6.07 Å². The number of fused-ring (bicyclic) bond motifs is 1. The first-order valence-electron chi connectivity index (χ1n) is 4.62. The largest absolute Gasteiger partial charge is 0.478 e. The molecule has 2 aromatic rings. The van der Waals surface area contributed by atoms with Crippen molar-refractivity contribution in [3.8, 4) is 0 Å². The minimum Gasteiger partial charge on any atom is -0.478 e. The van der Waals surface area contributed by atoms with E-state index in [9.17, 15) is 4.79 Å². The maximum absolute atomic E-state index is 10.9. The highest BCUT2D eigenvalue weighted by atomic mass is 16.4. The topological polar surface area (TPSA) is 81.1 Å². The van der Waals surface area contributed by atoms with E-state index in [4.69, 9.17) is 10.8 Å². The fourth-order valence-electron chi connectivity index (χ4n) is 1.59. The molecule has 78 valence electrons. The summed E-state index contributed by atoms with van der Waals surface area (Å²) < 4.78 is 1.71. The summed E-state index contributed by atoms with van der Waals surface area (Å²) in [5.41, 5.74) is 6.51. The molecule has 1 heterocycles. The second kappa shape index (κ2) is 3.70. The van der Waals surface area contributed by atoms with Gasteiger partial charge in [0.2, 0.25) is 0 Å². The number of nitrogens with two attached hydrogens (primary N) is 1. The van der Waals surface area contributed by atoms with Crippen molar-refractivity contribution >= 4 is 16.9 Å². The maximum Gasteiger partial charge on any atom is 0.336 e. The molecule has 5 heteroatoms. The third-order valence-electron chi connectivity index (χ3n) is 2.26. The van der Waals surface area contributed by atoms with Crippen LogP contribution in [-0.2, 0) is 6.54 Å². The number of hydrogen-bond acceptors (Lipinski definition) is 3. The van der Waals surface area contributed by atoms with Gasteiger partial charge in [0.05, 0.1) is 23.8 Å². The highest BCUT2D eigenvalue weighted by molar-refractivity contribution is 6.02. The summed E-state index contributed by atoms with van der Waals surface area (Å²) in [5, 5.41) is 13.7. The summed E-state index contributed by atoms with van der Waals surface area (Å²) in [6.07, 6.45) is 1.56. The molecule has 0 spiro atoms. The van der Waals surface area contributed by atoms with Gasteiger partial charge in [0.25, 0.3) is 0 Å². The Morgan fingerprint density at radius 1 is 1.53 bits per heavy atom. The first kappa shape index (κ1) is 9.67. The fraction of sp³-hybridized carbons (Fsp3) is 0.200. The number of carbonyl (C=O) groups is 1. The summed E-state index contributed by atoms with van der Waals surface area (Å²) in [7, 11) is 0. The molecule has 3 N–H and O–H groups in total. The predicted octanol–water partition coefficient (Wildman–Crippen LogP) is 0.693. The summed E-state index contributed by atoms with van der Waals surface area (Å²) in [6, 6.07) is 5.12. The lowest BCUT2D eigenvalue weighted by atomic mass is 10.1. The summed E-state index contributed by atoms with van der Waals surface area (Å²) in [4.78, 5) is 10.9. The van der Waals surface area contributed by atoms with E-state index in [0.717, 1.165) is 5.52 Å². The average molecular weight is 205 g/mol. The van der Waals surface area contributed by atoms with Crippen molar-refractivity contribution in [1.82, 2.24) is 9.78 Å². The predicted molar refractivity (Wildman–Crippen MR) is 55.7 cm³/mol. The average Bonchev–Trinajstić information content (AvgIpc) is 2.62. The standard InChI is InChI=1S/C10H11N3O2/c11-4-5-13-9-3-1-2-7(10(14)15)8(9)6-12-13/h1-3,6H,4-5,11H2,(H,14,15). The Morgan fingerprint density at radius 2 is 2.33 bits per heavy atom. The molecule has 2 rings (SSSR count). The maximum atomic E-state index is 10.9. The van der Waals surface area contributed by atoms with Crippen LogP contribution in [0.15, 0.2) is 24.4 Å². The van der Waals surface area contributed by atoms with Gasteiger partial charge in [-0.25, -0.2) is 4.79 Å². The van der Waals surface area contributed by atoms with Crippen molar-refractivity contribution in [2.24, 2.45) is 5.73 Å². The van der Waals surface area contributed by atoms with Crippen LogP contribution in [0.5, 0.6) is 0 Å². The van der Waals surface area contributed by atoms with Crippen LogP contribution >= 0.6 is 0 Å². The van der Waals surface area contributed by atoms with Gasteiger partial charge < -0.3 is 10.8 Å². The number of aromatic nitrogens is 2. The Labute approximate surface area is 86.1 Å². The Hall–Kier alpha value is -1.88. The van der Waals surface area contributed by atoms with Crippen molar-refractivity contribution in [2.45, 2.75) is 6.54 Å². The van der Waals surface area contributed by atoms with Gasteiger partial charge in [-0.15, -0.1) is 0 Å². The molecule has 0 radical (unpaired) electrons. The van der Waals surface area contributed by atoms with E-state index in [1.165, 1.54) is 0 Å². The second-order valence-corrected chi connectivity index (χ2v) is 3.20. The van der Waals surface area contributed by atoms with E-state index < -0.39 is 5.97 Å². The van der Waals surface area contributed by atoms with Crippen LogP contribution in [0.1, 0.15) is 10.4 Å². The molecule has 5 nitrogen and oxygen atoms in total. The van der Waals surface area contributed by atoms with Gasteiger partial charge in [-0.3, -0.25) is 4.68 Å². The smallest absolute Gasteiger partial charge is 0.336 e. The van der Waals surface area contributed by atoms with Crippen molar-refractivity contribution in [3.05, 3.63) is 30.0 Å². The van der Waals surface area contributed by atoms with Crippen LogP contribution in [0, 0.1) is 0 Å². The molecule has 0 atom stereocenters. The van der Waals surface area contributed by atoms with Gasteiger partial charge in [-0.2, -0.15) is 5.10 Å². The van der Waals surface area contributed by atoms with Crippen LogP contribution in [0.2, 0.25) is 0 Å². The molecule has 0 amide bonds. The molecule has 1 aromatic carbocycles. The number of aromatic carboxylic acids is 1. The Balaban J connectivity index is 2.63. The third kappa shape index (κ3) is 1.57. The molecule has 0 saturated carbocycles. The molecule has 0 fully saturated rings. The van der Waals surface area contributed by atoms with Gasteiger partial charge >= 0.3 is 5.97 Å². The number of rotatable bonds is 3. The molecule has 0 saturated heterocycles. The van der Waals surface area contributed by atoms with E-state index >= 15 is 0 Å². The molecule has 0 unspecified atom stereocenters. The Morgan fingerprint density at radius 3 is 3.00 bits per heavy atom. The van der Waals surface area contributed by atoms with Crippen molar-refractivity contribution in [3.63, 3.8) is 0 Å². The van der Waals surface area contributed by atoms with E-state index in [-0.39, 0.29) is 5.56 Å². The molecule has 0 aliphatic carbocycles. The van der Waals surface area contributed by atoms with Gasteiger partial charge in [0.1, 0.15) is 0 Å². The number of hydrogen-bond donors (Lipinski definition) is 2. The summed E-state index contributed by atoms with van der Waals surface area (Å²) in [6.45, 7) is 1.07. The van der Waals surface area contributed by atoms with E-state index in [2.05, 4.69) is 5.10 Å². The van der Waals surface area contributed by atoms with Gasteiger partial charge in [0.15, 0.2) is 0 Å². The molecule has 1 aromatic heterocycles. The summed E-state index contributed by atoms with van der Waals surface area (Å²) >= 11 is 0. The van der Waals surface area contributed by atoms with Crippen molar-refractivity contribution < 1.29 is 9.90 Å². The number of benzene rings is 1. The summed E-state index contributed by atoms with van der Waals surface area (Å²) in [5.74, 6) is -0.937. The molecule has 0 bridgehead atoms. The lowest BCUT2D eigenvalue weighted by Gasteiger charge is -2.01. The van der Waals surface area contributed by atoms with Crippen LogP contribution in [-0.4, -0.2) is 27.4 Å². The molecular formula is C10H11N3O2. The van der Waals surface area contributed by atoms with Crippen LogP contribution in [0.3, 0.4) is 0 Å². The highest BCUT2D eigenvalue weighted by Gasteiger charge is 2.10. The number of carboxylic acid groups (broad SMARTS) is 1. The second-order valence-electron chi connectivity index (χ2n) is 3.20. The molecular weight excluding hydrogens is 194 g/mol. The zero-order valence-corrected chi connectivity index (χ0v) is 8.05. The van der Waals surface area contributed by atoms with E-state index in [1.54, 1.807) is 23.0 Å². The lowest BCUT2D eigenvalue weighted by molar-refractivity contribution is 0.0699. The molecule has 15 heavy (non-hydrogen) atoms. The van der Waals surface area contributed by atoms with Crippen LogP contribution in [0.4, 0.5) is 0 Å². The van der Waals surface area contributed by atoms with Crippen LogP contribution in [0.25, 0.3) is 10.9 Å². The SMILES string of the molecule is NCCn1ncc2c(C(=O)O)cccc21. The van der Waals surface area contributed by atoms with E-state index in [1.807, 2.05) is 6.07 Å². The zero-order valence-electron chi connectivity index (χ0n) is 8.05.